The first kappa shape index (κ1) is 17.8. The minimum absolute atomic E-state index is 0. The fourth-order valence-electron chi connectivity index (χ4n) is 3.12. The molecule has 1 aliphatic rings. The first-order valence-corrected chi connectivity index (χ1v) is 8.25. The SMILES string of the molecule is CCOC(=O)c1cnn2ccc(N3CCC[C@@H]3c3nc(C)no3)nc12.F. The molecule has 0 unspecified atom stereocenters. The number of nitrogens with zero attached hydrogens (tertiary/aromatic N) is 6. The zero-order valence-electron chi connectivity index (χ0n) is 14.5. The maximum absolute atomic E-state index is 12.1. The van der Waals surface area contributed by atoms with Crippen molar-refractivity contribution in [3.05, 3.63) is 35.7 Å². The van der Waals surface area contributed by atoms with Gasteiger partial charge in [0.25, 0.3) is 0 Å². The fourth-order valence-corrected chi connectivity index (χ4v) is 3.12. The summed E-state index contributed by atoms with van der Waals surface area (Å²) in [4.78, 5) is 23.2. The molecule has 0 bridgehead atoms. The number of hydrogen-bond donors (Lipinski definition) is 0. The fraction of sp³-hybridized carbons (Fsp3) is 0.438. The molecular formula is C16H19FN6O3. The van der Waals surface area contributed by atoms with E-state index < -0.39 is 5.97 Å². The van der Waals surface area contributed by atoms with Crippen molar-refractivity contribution in [2.45, 2.75) is 32.7 Å². The highest BCUT2D eigenvalue weighted by molar-refractivity contribution is 5.95. The lowest BCUT2D eigenvalue weighted by Gasteiger charge is -2.22. The molecule has 3 aromatic rings. The zero-order chi connectivity index (χ0) is 17.4. The standard InChI is InChI=1S/C16H18N6O3.FH/c1-3-24-16(23)11-9-17-22-8-6-13(19-14(11)22)21-7-4-5-12(21)15-18-10(2)20-25-15;/h6,8-9,12H,3-5,7H2,1-2H3;1H/t12-;/m1./s1. The van der Waals surface area contributed by atoms with Crippen molar-refractivity contribution in [3.63, 3.8) is 0 Å². The lowest BCUT2D eigenvalue weighted by molar-refractivity contribution is 0.0528. The van der Waals surface area contributed by atoms with Crippen LogP contribution in [0.1, 0.15) is 47.9 Å². The van der Waals surface area contributed by atoms with E-state index in [0.29, 0.717) is 29.5 Å². The highest BCUT2D eigenvalue weighted by Gasteiger charge is 2.32. The van der Waals surface area contributed by atoms with E-state index in [-0.39, 0.29) is 10.7 Å². The number of anilines is 1. The van der Waals surface area contributed by atoms with Crippen molar-refractivity contribution in [2.75, 3.05) is 18.1 Å². The van der Waals surface area contributed by atoms with Gasteiger partial charge in [0.1, 0.15) is 17.4 Å². The lowest BCUT2D eigenvalue weighted by Crippen LogP contribution is -2.24. The van der Waals surface area contributed by atoms with Gasteiger partial charge < -0.3 is 14.2 Å². The van der Waals surface area contributed by atoms with E-state index in [1.54, 1.807) is 24.6 Å². The molecule has 0 aromatic carbocycles. The Bertz CT molecular complexity index is 924. The Balaban J connectivity index is 0.00000196. The quantitative estimate of drug-likeness (QED) is 0.651. The van der Waals surface area contributed by atoms with E-state index in [2.05, 4.69) is 25.1 Å². The number of aryl methyl sites for hydroxylation is 1. The summed E-state index contributed by atoms with van der Waals surface area (Å²) in [7, 11) is 0. The summed E-state index contributed by atoms with van der Waals surface area (Å²) in [5.41, 5.74) is 0.830. The maximum Gasteiger partial charge on any atom is 0.343 e. The van der Waals surface area contributed by atoms with Crippen molar-refractivity contribution in [2.24, 2.45) is 0 Å². The summed E-state index contributed by atoms with van der Waals surface area (Å²) >= 11 is 0. The van der Waals surface area contributed by atoms with Gasteiger partial charge in [-0.1, -0.05) is 5.16 Å². The number of halogens is 1. The zero-order valence-corrected chi connectivity index (χ0v) is 14.5. The molecule has 1 saturated heterocycles. The van der Waals surface area contributed by atoms with Crippen LogP contribution in [0.15, 0.2) is 23.0 Å². The monoisotopic (exact) mass is 362 g/mol. The van der Waals surface area contributed by atoms with Crippen LogP contribution in [0.2, 0.25) is 0 Å². The third-order valence-corrected chi connectivity index (χ3v) is 4.23. The normalized spacial score (nSPS) is 16.7. The van der Waals surface area contributed by atoms with Gasteiger partial charge in [0.2, 0.25) is 5.89 Å². The second-order valence-corrected chi connectivity index (χ2v) is 5.86. The molecule has 0 aliphatic carbocycles. The van der Waals surface area contributed by atoms with Crippen LogP contribution in [-0.2, 0) is 4.74 Å². The van der Waals surface area contributed by atoms with E-state index in [9.17, 15) is 4.79 Å². The third kappa shape index (κ3) is 2.98. The Hall–Kier alpha value is -3.04. The number of carbonyl (C=O) groups excluding carboxylic acids is 1. The Kier molecular flexibility index (Phi) is 4.83. The second-order valence-electron chi connectivity index (χ2n) is 5.86. The number of hydrogen-bond acceptors (Lipinski definition) is 8. The smallest absolute Gasteiger partial charge is 0.343 e. The molecule has 1 atom stereocenters. The van der Waals surface area contributed by atoms with Gasteiger partial charge in [-0.25, -0.2) is 14.3 Å². The van der Waals surface area contributed by atoms with Gasteiger partial charge in [0.05, 0.1) is 12.8 Å². The molecule has 0 radical (unpaired) electrons. The summed E-state index contributed by atoms with van der Waals surface area (Å²) in [6, 6.07) is 1.86. The van der Waals surface area contributed by atoms with Crippen LogP contribution in [-0.4, -0.2) is 43.9 Å². The predicted molar refractivity (Wildman–Crippen MR) is 89.8 cm³/mol. The molecule has 0 saturated carbocycles. The molecule has 138 valence electrons. The first-order chi connectivity index (χ1) is 12.2. The van der Waals surface area contributed by atoms with Gasteiger partial charge in [-0.15, -0.1) is 0 Å². The molecule has 0 N–H and O–H groups in total. The van der Waals surface area contributed by atoms with Crippen molar-refractivity contribution in [1.29, 1.82) is 0 Å². The van der Waals surface area contributed by atoms with Crippen LogP contribution in [0.4, 0.5) is 10.5 Å². The minimum Gasteiger partial charge on any atom is -0.462 e. The minimum atomic E-state index is -0.423. The third-order valence-electron chi connectivity index (χ3n) is 4.23. The maximum atomic E-state index is 12.1. The van der Waals surface area contributed by atoms with E-state index in [1.165, 1.54) is 6.20 Å². The molecule has 26 heavy (non-hydrogen) atoms. The van der Waals surface area contributed by atoms with Gasteiger partial charge in [-0.05, 0) is 32.8 Å². The Morgan fingerprint density at radius 2 is 2.27 bits per heavy atom. The van der Waals surface area contributed by atoms with Gasteiger partial charge in [0, 0.05) is 12.7 Å². The van der Waals surface area contributed by atoms with E-state index >= 15 is 0 Å². The van der Waals surface area contributed by atoms with Gasteiger partial charge in [-0.3, -0.25) is 4.70 Å². The summed E-state index contributed by atoms with van der Waals surface area (Å²) in [5.74, 6) is 1.53. The number of aromatic nitrogens is 5. The van der Waals surface area contributed by atoms with E-state index in [4.69, 9.17) is 9.26 Å². The number of fused-ring (bicyclic) bond motifs is 1. The van der Waals surface area contributed by atoms with E-state index in [1.807, 2.05) is 6.07 Å². The van der Waals surface area contributed by atoms with Crippen molar-refractivity contribution in [1.82, 2.24) is 24.7 Å². The molecule has 4 rings (SSSR count). The molecule has 10 heteroatoms. The van der Waals surface area contributed by atoms with Crippen LogP contribution in [0, 0.1) is 6.92 Å². The van der Waals surface area contributed by atoms with Crippen molar-refractivity contribution in [3.8, 4) is 0 Å². The molecular weight excluding hydrogens is 343 g/mol. The largest absolute Gasteiger partial charge is 0.462 e. The molecule has 9 nitrogen and oxygen atoms in total. The Morgan fingerprint density at radius 3 is 3.00 bits per heavy atom. The van der Waals surface area contributed by atoms with Gasteiger partial charge in [-0.2, -0.15) is 10.1 Å². The second kappa shape index (κ2) is 7.06. The lowest BCUT2D eigenvalue weighted by atomic mass is 10.2. The van der Waals surface area contributed by atoms with Crippen molar-refractivity contribution >= 4 is 17.4 Å². The van der Waals surface area contributed by atoms with Crippen LogP contribution in [0.25, 0.3) is 5.65 Å². The first-order valence-electron chi connectivity index (χ1n) is 8.25. The summed E-state index contributed by atoms with van der Waals surface area (Å²) in [6.45, 7) is 4.71. The average molecular weight is 362 g/mol. The highest BCUT2D eigenvalue weighted by atomic mass is 19.0. The topological polar surface area (TPSA) is 98.7 Å². The summed E-state index contributed by atoms with van der Waals surface area (Å²) in [5, 5.41) is 8.04. The molecule has 0 amide bonds. The van der Waals surface area contributed by atoms with Crippen LogP contribution < -0.4 is 4.90 Å². The molecule has 1 aliphatic heterocycles. The van der Waals surface area contributed by atoms with Gasteiger partial charge >= 0.3 is 5.97 Å². The number of rotatable bonds is 4. The highest BCUT2D eigenvalue weighted by Crippen LogP contribution is 2.34. The van der Waals surface area contributed by atoms with Crippen LogP contribution in [0.3, 0.4) is 0 Å². The number of esters is 1. The summed E-state index contributed by atoms with van der Waals surface area (Å²) < 4.78 is 12.0. The van der Waals surface area contributed by atoms with Crippen molar-refractivity contribution < 1.29 is 18.8 Å². The predicted octanol–water partition coefficient (Wildman–Crippen LogP) is 2.09. The molecule has 3 aromatic heterocycles. The number of carbonyl (C=O) groups is 1. The molecule has 0 spiro atoms. The molecule has 1 fully saturated rings. The van der Waals surface area contributed by atoms with Crippen LogP contribution in [0.5, 0.6) is 0 Å². The van der Waals surface area contributed by atoms with Gasteiger partial charge in [0.15, 0.2) is 11.5 Å². The Morgan fingerprint density at radius 1 is 1.42 bits per heavy atom. The Labute approximate surface area is 148 Å². The van der Waals surface area contributed by atoms with E-state index in [0.717, 1.165) is 25.2 Å². The van der Waals surface area contributed by atoms with Crippen LogP contribution >= 0.6 is 0 Å². The average Bonchev–Trinajstić information content (AvgIpc) is 3.32. The molecule has 4 heterocycles. The number of ether oxygens (including phenoxy) is 1. The summed E-state index contributed by atoms with van der Waals surface area (Å²) in [6.07, 6.45) is 5.18.